The van der Waals surface area contributed by atoms with E-state index in [1.807, 2.05) is 0 Å². The molecule has 0 unspecified atom stereocenters. The monoisotopic (exact) mass is 933 g/mol. The Kier molecular flexibility index (Phi) is 20.1. The van der Waals surface area contributed by atoms with Crippen LogP contribution in [-0.2, 0) is 14.3 Å². The molecular formula is C49H51N5O14. The lowest BCUT2D eigenvalue weighted by atomic mass is 9.93. The number of anilines is 3. The van der Waals surface area contributed by atoms with Crippen molar-refractivity contribution in [3.8, 4) is 23.0 Å². The molecule has 0 heterocycles. The molecule has 4 aromatic carbocycles. The van der Waals surface area contributed by atoms with Gasteiger partial charge < -0.3 is 49.7 Å². The number of non-ortho nitro benzene ring substituents is 1. The summed E-state index contributed by atoms with van der Waals surface area (Å²) < 4.78 is 33.0. The second-order valence-electron chi connectivity index (χ2n) is 14.2. The lowest BCUT2D eigenvalue weighted by Gasteiger charge is -2.20. The molecule has 0 fully saturated rings. The molecule has 4 N–H and O–H groups in total. The van der Waals surface area contributed by atoms with Gasteiger partial charge in [-0.25, -0.2) is 9.59 Å². The Balaban J connectivity index is 1.53. The fourth-order valence-electron chi connectivity index (χ4n) is 6.35. The van der Waals surface area contributed by atoms with E-state index in [1.165, 1.54) is 111 Å². The highest BCUT2D eigenvalue weighted by Gasteiger charge is 2.27. The van der Waals surface area contributed by atoms with Crippen molar-refractivity contribution < 1.29 is 62.1 Å². The second kappa shape index (κ2) is 26.3. The van der Waals surface area contributed by atoms with Crippen LogP contribution in [0.3, 0.4) is 0 Å². The summed E-state index contributed by atoms with van der Waals surface area (Å²) in [5, 5.41) is 21.9. The molecule has 68 heavy (non-hydrogen) atoms. The number of nitro benzene ring substituents is 1. The zero-order chi connectivity index (χ0) is 49.6. The fraction of sp³-hybridized carbons (Fsp3) is 0.224. The standard InChI is InChI=1S/C49H51N5O14/c1-7-26-65-41-36(47(58)53-39-24-22-37(48(59)67-28-9-3)42(44(39)64-6)66-27-8-2)21-23-38(43(41)63-5)52-45(56)32-13-17-34(18-14-32)51-46(57)33(12-11-25-50-49(60)68-29-10-4)30-40(55)31-15-19-35(20-16-31)54(61)62/h7-10,13-24,33H,1-4,11-12,25-30H2,5-6H3,(H,50,60)(H,51,57)(H,52,56)(H,53,58)/t33-/m1/s1. The number of nitro groups is 1. The summed E-state index contributed by atoms with van der Waals surface area (Å²) in [6, 6.07) is 16.6. The second-order valence-corrected chi connectivity index (χ2v) is 14.2. The van der Waals surface area contributed by atoms with Crippen LogP contribution in [0.4, 0.5) is 27.5 Å². The van der Waals surface area contributed by atoms with Gasteiger partial charge in [-0.1, -0.05) is 50.6 Å². The van der Waals surface area contributed by atoms with E-state index in [0.29, 0.717) is 12.1 Å². The van der Waals surface area contributed by atoms with Gasteiger partial charge in [0.25, 0.3) is 17.5 Å². The van der Waals surface area contributed by atoms with Gasteiger partial charge in [-0.05, 0) is 73.5 Å². The lowest BCUT2D eigenvalue weighted by Crippen LogP contribution is -2.28. The average Bonchev–Trinajstić information content (AvgIpc) is 3.34. The highest BCUT2D eigenvalue weighted by atomic mass is 16.6. The summed E-state index contributed by atoms with van der Waals surface area (Å²) in [6.07, 6.45) is 5.29. The Morgan fingerprint density at radius 3 is 1.72 bits per heavy atom. The molecule has 1 atom stereocenters. The molecule has 0 spiro atoms. The zero-order valence-corrected chi connectivity index (χ0v) is 37.5. The molecule has 0 aromatic heterocycles. The van der Waals surface area contributed by atoms with Crippen molar-refractivity contribution in [3.63, 3.8) is 0 Å². The van der Waals surface area contributed by atoms with Crippen molar-refractivity contribution in [2.75, 3.05) is 63.1 Å². The number of ketones is 1. The average molecular weight is 934 g/mol. The van der Waals surface area contributed by atoms with Crippen LogP contribution in [0, 0.1) is 16.0 Å². The molecule has 0 aliphatic rings. The Bertz CT molecular complexity index is 2520. The molecule has 19 nitrogen and oxygen atoms in total. The van der Waals surface area contributed by atoms with E-state index in [4.69, 9.17) is 28.4 Å². The number of hydrogen-bond acceptors (Lipinski definition) is 14. The number of amides is 4. The van der Waals surface area contributed by atoms with Gasteiger partial charge in [0, 0.05) is 47.8 Å². The predicted octanol–water partition coefficient (Wildman–Crippen LogP) is 8.11. The van der Waals surface area contributed by atoms with Gasteiger partial charge in [0.1, 0.15) is 32.0 Å². The number of nitrogens with zero attached hydrogens (tertiary/aromatic N) is 1. The molecule has 0 saturated heterocycles. The quantitative estimate of drug-likeness (QED) is 0.0110. The van der Waals surface area contributed by atoms with Crippen LogP contribution < -0.4 is 40.2 Å². The summed E-state index contributed by atoms with van der Waals surface area (Å²) in [5.74, 6) is -3.85. The first-order valence-electron chi connectivity index (χ1n) is 20.8. The highest BCUT2D eigenvalue weighted by Crippen LogP contribution is 2.42. The normalized spacial score (nSPS) is 10.7. The number of methoxy groups -OCH3 is 2. The summed E-state index contributed by atoms with van der Waals surface area (Å²) in [6.45, 7) is 14.4. The number of ether oxygens (including phenoxy) is 6. The molecular weight excluding hydrogens is 883 g/mol. The Morgan fingerprint density at radius 1 is 0.632 bits per heavy atom. The molecule has 0 saturated carbocycles. The van der Waals surface area contributed by atoms with Crippen LogP contribution >= 0.6 is 0 Å². The van der Waals surface area contributed by atoms with Gasteiger partial charge in [0.2, 0.25) is 5.91 Å². The van der Waals surface area contributed by atoms with Gasteiger partial charge in [-0.3, -0.25) is 29.3 Å². The largest absolute Gasteiger partial charge is 0.491 e. The topological polar surface area (TPSA) is 249 Å². The van der Waals surface area contributed by atoms with Gasteiger partial charge in [-0.2, -0.15) is 0 Å². The third-order valence-electron chi connectivity index (χ3n) is 9.57. The van der Waals surface area contributed by atoms with E-state index < -0.39 is 46.4 Å². The minimum absolute atomic E-state index is 0.00261. The van der Waals surface area contributed by atoms with Gasteiger partial charge in [0.15, 0.2) is 28.8 Å². The van der Waals surface area contributed by atoms with Crippen molar-refractivity contribution >= 4 is 58.3 Å². The van der Waals surface area contributed by atoms with E-state index >= 15 is 0 Å². The first-order chi connectivity index (χ1) is 32.8. The minimum Gasteiger partial charge on any atom is -0.491 e. The molecule has 19 heteroatoms. The zero-order valence-electron chi connectivity index (χ0n) is 37.5. The van der Waals surface area contributed by atoms with Crippen molar-refractivity contribution in [1.82, 2.24) is 5.32 Å². The number of rotatable bonds is 27. The SMILES string of the molecule is C=CCOC(=O)NCCC[C@H](CC(=O)c1ccc([N+](=O)[O-])cc1)C(=O)Nc1ccc(C(=O)Nc2ccc(C(=O)Nc3ccc(C(=O)OCC=C)c(OCC=C)c3OC)c(OCC=C)c2OC)cc1. The first kappa shape index (κ1) is 51.9. The van der Waals surface area contributed by atoms with Crippen LogP contribution in [0.1, 0.15) is 60.7 Å². The van der Waals surface area contributed by atoms with Crippen LogP contribution in [0.25, 0.3) is 0 Å². The maximum absolute atomic E-state index is 13.9. The van der Waals surface area contributed by atoms with Crippen LogP contribution in [0.2, 0.25) is 0 Å². The molecule has 356 valence electrons. The number of carbonyl (C=O) groups is 6. The van der Waals surface area contributed by atoms with Crippen LogP contribution in [0.15, 0.2) is 123 Å². The van der Waals surface area contributed by atoms with Crippen molar-refractivity contribution in [2.45, 2.75) is 19.3 Å². The van der Waals surface area contributed by atoms with Gasteiger partial charge in [0.05, 0.1) is 36.1 Å². The number of alkyl carbamates (subject to hydrolysis) is 1. The number of hydrogen-bond donors (Lipinski definition) is 4. The van der Waals surface area contributed by atoms with E-state index in [9.17, 15) is 38.9 Å². The minimum atomic E-state index is -0.878. The fourth-order valence-corrected chi connectivity index (χ4v) is 6.35. The third-order valence-corrected chi connectivity index (χ3v) is 9.57. The Morgan fingerprint density at radius 2 is 1.16 bits per heavy atom. The number of nitrogens with one attached hydrogen (secondary N) is 4. The molecule has 4 rings (SSSR count). The number of benzene rings is 4. The van der Waals surface area contributed by atoms with E-state index in [0.717, 1.165) is 0 Å². The summed E-state index contributed by atoms with van der Waals surface area (Å²) >= 11 is 0. The van der Waals surface area contributed by atoms with E-state index in [1.54, 1.807) is 0 Å². The van der Waals surface area contributed by atoms with E-state index in [2.05, 4.69) is 47.6 Å². The molecule has 0 aliphatic carbocycles. The smallest absolute Gasteiger partial charge is 0.407 e. The highest BCUT2D eigenvalue weighted by molar-refractivity contribution is 6.10. The summed E-state index contributed by atoms with van der Waals surface area (Å²) in [4.78, 5) is 89.6. The lowest BCUT2D eigenvalue weighted by molar-refractivity contribution is -0.384. The summed E-state index contributed by atoms with van der Waals surface area (Å²) in [7, 11) is 2.65. The van der Waals surface area contributed by atoms with Crippen LogP contribution in [-0.4, -0.2) is 87.7 Å². The van der Waals surface area contributed by atoms with Crippen molar-refractivity contribution in [3.05, 3.63) is 156 Å². The number of esters is 1. The molecule has 0 bridgehead atoms. The Labute approximate surface area is 391 Å². The van der Waals surface area contributed by atoms with Crippen LogP contribution in [0.5, 0.6) is 23.0 Å². The maximum atomic E-state index is 13.9. The first-order valence-corrected chi connectivity index (χ1v) is 20.8. The van der Waals surface area contributed by atoms with Gasteiger partial charge >= 0.3 is 12.1 Å². The third kappa shape index (κ3) is 14.4. The maximum Gasteiger partial charge on any atom is 0.407 e. The van der Waals surface area contributed by atoms with E-state index in [-0.39, 0.29) is 108 Å². The van der Waals surface area contributed by atoms with Crippen molar-refractivity contribution in [1.29, 1.82) is 0 Å². The molecule has 4 aromatic rings. The summed E-state index contributed by atoms with van der Waals surface area (Å²) in [5.41, 5.74) is 0.735. The van der Waals surface area contributed by atoms with Gasteiger partial charge in [-0.15, -0.1) is 0 Å². The number of carbonyl (C=O) groups excluding carboxylic acids is 6. The molecule has 0 radical (unpaired) electrons. The molecule has 0 aliphatic heterocycles. The molecule has 4 amide bonds. The Hall–Kier alpha value is -8.74. The predicted molar refractivity (Wildman–Crippen MR) is 253 cm³/mol. The van der Waals surface area contributed by atoms with Crippen molar-refractivity contribution in [2.24, 2.45) is 5.92 Å². The number of Topliss-reactive ketones (excluding diaryl/α,β-unsaturated/α-hetero) is 1.